The van der Waals surface area contributed by atoms with Gasteiger partial charge in [0.25, 0.3) is 0 Å². The van der Waals surface area contributed by atoms with Gasteiger partial charge in [-0.25, -0.2) is 0 Å². The summed E-state index contributed by atoms with van der Waals surface area (Å²) in [4.78, 5) is 0. The molecule has 0 amide bonds. The van der Waals surface area contributed by atoms with Crippen molar-refractivity contribution in [2.45, 2.75) is 12.8 Å². The van der Waals surface area contributed by atoms with E-state index in [1.807, 2.05) is 0 Å². The molecular weight excluding hydrogens is 649 g/mol. The summed E-state index contributed by atoms with van der Waals surface area (Å²) in [6.45, 7) is 0. The second kappa shape index (κ2) is 12.4. The molecule has 0 saturated heterocycles. The third-order valence-electron chi connectivity index (χ3n) is 11.6. The summed E-state index contributed by atoms with van der Waals surface area (Å²) in [5.41, 5.74) is 12.7. The fraction of sp³-hybridized carbons (Fsp3) is 0.0370. The van der Waals surface area contributed by atoms with Gasteiger partial charge in [-0.3, -0.25) is 0 Å². The summed E-state index contributed by atoms with van der Waals surface area (Å²) in [5, 5.41) is 12.6. The van der Waals surface area contributed by atoms with Crippen molar-refractivity contribution < 1.29 is 0 Å². The van der Waals surface area contributed by atoms with Crippen molar-refractivity contribution >= 4 is 59.9 Å². The van der Waals surface area contributed by atoms with Gasteiger partial charge in [0.05, 0.1) is 0 Å². The van der Waals surface area contributed by atoms with Gasteiger partial charge < -0.3 is 0 Å². The monoisotopic (exact) mass is 684 g/mol. The van der Waals surface area contributed by atoms with Crippen LogP contribution in [0.4, 0.5) is 0 Å². The van der Waals surface area contributed by atoms with Crippen molar-refractivity contribution in [1.82, 2.24) is 0 Å². The minimum absolute atomic E-state index is 1.11. The van der Waals surface area contributed by atoms with E-state index in [1.54, 1.807) is 0 Å². The second-order valence-corrected chi connectivity index (χ2v) is 14.8. The van der Waals surface area contributed by atoms with Crippen LogP contribution in [-0.2, 0) is 6.42 Å². The highest BCUT2D eigenvalue weighted by molar-refractivity contribution is 6.23. The summed E-state index contributed by atoms with van der Waals surface area (Å²) in [5.74, 6) is 0. The second-order valence-electron chi connectivity index (χ2n) is 14.8. The molecule has 0 bridgehead atoms. The number of aryl methyl sites for hydroxylation is 1. The van der Waals surface area contributed by atoms with Crippen LogP contribution in [0.15, 0.2) is 188 Å². The number of fused-ring (bicyclic) bond motifs is 6. The molecule has 0 N–H and O–H groups in total. The molecule has 0 nitrogen and oxygen atoms in total. The fourth-order valence-electron chi connectivity index (χ4n) is 8.87. The van der Waals surface area contributed by atoms with E-state index >= 15 is 0 Å². The molecule has 0 unspecified atom stereocenters. The van der Waals surface area contributed by atoms with Gasteiger partial charge in [-0.2, -0.15) is 0 Å². The molecule has 0 aromatic heterocycles. The smallest absolute Gasteiger partial charge is 0.00259 e. The highest BCUT2D eigenvalue weighted by Gasteiger charge is 2.20. The van der Waals surface area contributed by atoms with Gasteiger partial charge in [-0.1, -0.05) is 158 Å². The fourth-order valence-corrected chi connectivity index (χ4v) is 8.87. The van der Waals surface area contributed by atoms with Gasteiger partial charge in [0.15, 0.2) is 0 Å². The number of hydrogen-bond acceptors (Lipinski definition) is 0. The lowest BCUT2D eigenvalue weighted by molar-refractivity contribution is 0.986. The lowest BCUT2D eigenvalue weighted by Gasteiger charge is -2.20. The van der Waals surface area contributed by atoms with Gasteiger partial charge in [0.1, 0.15) is 0 Å². The Balaban J connectivity index is 1.25. The number of benzene rings is 10. The first-order valence-corrected chi connectivity index (χ1v) is 19.0. The zero-order chi connectivity index (χ0) is 35.6. The maximum absolute atomic E-state index is 2.45. The van der Waals surface area contributed by atoms with Crippen molar-refractivity contribution in [3.8, 4) is 44.5 Å². The average molecular weight is 685 g/mol. The van der Waals surface area contributed by atoms with Crippen LogP contribution in [0.1, 0.15) is 17.5 Å². The molecule has 0 radical (unpaired) electrons. The van der Waals surface area contributed by atoms with E-state index in [0.717, 1.165) is 12.8 Å². The molecule has 0 atom stereocenters. The molecule has 252 valence electrons. The molecule has 10 aromatic carbocycles. The predicted octanol–water partition coefficient (Wildman–Crippen LogP) is 15.1. The van der Waals surface area contributed by atoms with E-state index in [0.29, 0.717) is 0 Å². The Bertz CT molecular complexity index is 3160. The van der Waals surface area contributed by atoms with E-state index in [4.69, 9.17) is 0 Å². The van der Waals surface area contributed by atoms with Crippen molar-refractivity contribution in [3.05, 3.63) is 199 Å². The average Bonchev–Trinajstić information content (AvgIpc) is 3.24. The highest BCUT2D eigenvalue weighted by atomic mass is 14.2. The first-order valence-electron chi connectivity index (χ1n) is 19.0. The summed E-state index contributed by atoms with van der Waals surface area (Å²) >= 11 is 0. The van der Waals surface area contributed by atoms with Gasteiger partial charge in [-0.15, -0.1) is 0 Å². The molecule has 0 saturated carbocycles. The summed E-state index contributed by atoms with van der Waals surface area (Å²) in [7, 11) is 0. The molecule has 0 spiro atoms. The summed E-state index contributed by atoms with van der Waals surface area (Å²) < 4.78 is 0. The standard InChI is InChI=1S/C54H36/c1-5-13-39-29-43(21-17-35(39)9-1)45-25-27-49-51(33-45)53(47-23-19-37-11-3-7-15-41(37)31-47)50-28-26-46(44-22-18-36-10-2-6-14-40(36)30-44)34-52(50)54(49)48-24-20-38-12-4-8-16-42(38)32-48/h1,3-9,11-34H,2,10H2. The molecule has 11 rings (SSSR count). The molecule has 0 heteroatoms. The topological polar surface area (TPSA) is 0 Å². The van der Waals surface area contributed by atoms with E-state index < -0.39 is 0 Å². The predicted molar refractivity (Wildman–Crippen MR) is 233 cm³/mol. The van der Waals surface area contributed by atoms with Gasteiger partial charge in [-0.05, 0) is 159 Å². The molecule has 10 aromatic rings. The van der Waals surface area contributed by atoms with Crippen LogP contribution in [0.5, 0.6) is 0 Å². The Labute approximate surface area is 315 Å². The zero-order valence-electron chi connectivity index (χ0n) is 29.9. The Hall–Kier alpha value is -6.76. The molecule has 0 heterocycles. The molecule has 0 aliphatic heterocycles. The Morgan fingerprint density at radius 2 is 0.704 bits per heavy atom. The first-order chi connectivity index (χ1) is 26.7. The minimum atomic E-state index is 1.11. The first kappa shape index (κ1) is 30.8. The largest absolute Gasteiger partial charge is 0.0836 e. The molecule has 0 fully saturated rings. The molecule has 54 heavy (non-hydrogen) atoms. The van der Waals surface area contributed by atoms with Crippen molar-refractivity contribution in [2.75, 3.05) is 0 Å². The normalized spacial score (nSPS) is 12.6. The van der Waals surface area contributed by atoms with Crippen molar-refractivity contribution in [1.29, 1.82) is 0 Å². The number of allylic oxidation sites excluding steroid dienone is 1. The van der Waals surface area contributed by atoms with E-state index in [1.165, 1.54) is 109 Å². The highest BCUT2D eigenvalue weighted by Crippen LogP contribution is 2.47. The van der Waals surface area contributed by atoms with Crippen LogP contribution < -0.4 is 0 Å². The van der Waals surface area contributed by atoms with Crippen LogP contribution in [0.2, 0.25) is 0 Å². The Morgan fingerprint density at radius 1 is 0.296 bits per heavy atom. The number of rotatable bonds is 4. The van der Waals surface area contributed by atoms with Gasteiger partial charge in [0.2, 0.25) is 0 Å². The number of hydrogen-bond donors (Lipinski definition) is 0. The summed E-state index contributed by atoms with van der Waals surface area (Å²) in [6.07, 6.45) is 6.82. The molecular formula is C54H36. The van der Waals surface area contributed by atoms with Crippen molar-refractivity contribution in [2.24, 2.45) is 0 Å². The lowest BCUT2D eigenvalue weighted by atomic mass is 9.83. The lowest BCUT2D eigenvalue weighted by Crippen LogP contribution is -1.95. The molecule has 1 aliphatic carbocycles. The minimum Gasteiger partial charge on any atom is -0.0836 e. The third-order valence-corrected chi connectivity index (χ3v) is 11.6. The Kier molecular flexibility index (Phi) is 7.10. The maximum atomic E-state index is 2.45. The Morgan fingerprint density at radius 3 is 1.24 bits per heavy atom. The van der Waals surface area contributed by atoms with Gasteiger partial charge in [0, 0.05) is 0 Å². The van der Waals surface area contributed by atoms with Crippen LogP contribution in [0.3, 0.4) is 0 Å². The maximum Gasteiger partial charge on any atom is -0.00259 e. The van der Waals surface area contributed by atoms with E-state index in [-0.39, 0.29) is 0 Å². The SMILES string of the molecule is C1=Cc2cc(-c3ccc4c(-c5ccc6ccccc6c5)c5cc(-c6ccc7ccccc7c6)ccc5c(-c5ccc6ccccc6c5)c4c3)ccc2CC1. The third kappa shape index (κ3) is 5.14. The quantitative estimate of drug-likeness (QED) is 0.162. The van der Waals surface area contributed by atoms with Crippen molar-refractivity contribution in [3.63, 3.8) is 0 Å². The van der Waals surface area contributed by atoms with E-state index in [9.17, 15) is 0 Å². The van der Waals surface area contributed by atoms with Crippen LogP contribution in [0.25, 0.3) is 104 Å². The van der Waals surface area contributed by atoms with E-state index in [2.05, 4.69) is 194 Å². The van der Waals surface area contributed by atoms with Crippen LogP contribution in [-0.4, -0.2) is 0 Å². The van der Waals surface area contributed by atoms with Crippen LogP contribution >= 0.6 is 0 Å². The summed E-state index contributed by atoms with van der Waals surface area (Å²) in [6, 6.07) is 68.2. The molecule has 1 aliphatic rings. The van der Waals surface area contributed by atoms with Crippen LogP contribution in [0, 0.1) is 0 Å². The van der Waals surface area contributed by atoms with Gasteiger partial charge >= 0.3 is 0 Å². The zero-order valence-corrected chi connectivity index (χ0v) is 29.9.